The fraction of sp³-hybridized carbons (Fsp3) is 0.571. The third kappa shape index (κ3) is 2.95. The first-order chi connectivity index (χ1) is 13.9. The molecule has 0 saturated heterocycles. The lowest BCUT2D eigenvalue weighted by Crippen LogP contribution is -2.32. The van der Waals surface area contributed by atoms with Gasteiger partial charge in [-0.3, -0.25) is 0 Å². The lowest BCUT2D eigenvalue weighted by molar-refractivity contribution is 0.544. The average Bonchev–Trinajstić information content (AvgIpc) is 3.28. The van der Waals surface area contributed by atoms with Gasteiger partial charge < -0.3 is 5.73 Å². The van der Waals surface area contributed by atoms with Gasteiger partial charge in [0.25, 0.3) is 0 Å². The van der Waals surface area contributed by atoms with Crippen LogP contribution in [0.3, 0.4) is 0 Å². The topological polar surface area (TPSA) is 86.0 Å². The number of benzene rings is 1. The quantitative estimate of drug-likeness (QED) is 0.428. The number of nitriles is 2. The van der Waals surface area contributed by atoms with Crippen molar-refractivity contribution in [3.8, 4) is 12.1 Å². The SMILES string of the molecule is CCCCSC1(SCCCC)N=C(N)C2(C#N)C(c3cc(F)ccc3F)C12C#N. The lowest BCUT2D eigenvalue weighted by Gasteiger charge is -2.32. The predicted octanol–water partition coefficient (Wildman–Crippen LogP) is 5.17. The highest BCUT2D eigenvalue weighted by Gasteiger charge is 2.92. The summed E-state index contributed by atoms with van der Waals surface area (Å²) in [6.07, 6.45) is 3.81. The zero-order chi connectivity index (χ0) is 21.3. The molecule has 0 spiro atoms. The molecule has 2 N–H and O–H groups in total. The predicted molar refractivity (Wildman–Crippen MR) is 114 cm³/mol. The Hall–Kier alpha value is -1.77. The van der Waals surface area contributed by atoms with Crippen molar-refractivity contribution in [1.82, 2.24) is 0 Å². The second-order valence-corrected chi connectivity index (χ2v) is 10.3. The van der Waals surface area contributed by atoms with Crippen LogP contribution in [0.1, 0.15) is 51.0 Å². The van der Waals surface area contributed by atoms with Crippen LogP contribution in [0, 0.1) is 45.1 Å². The van der Waals surface area contributed by atoms with Gasteiger partial charge in [-0.1, -0.05) is 26.7 Å². The highest BCUT2D eigenvalue weighted by atomic mass is 32.2. The molecule has 2 aliphatic rings. The molecule has 154 valence electrons. The zero-order valence-electron chi connectivity index (χ0n) is 16.5. The summed E-state index contributed by atoms with van der Waals surface area (Å²) in [6.45, 7) is 4.15. The van der Waals surface area contributed by atoms with Gasteiger partial charge in [-0.25, -0.2) is 13.8 Å². The van der Waals surface area contributed by atoms with E-state index in [-0.39, 0.29) is 11.4 Å². The van der Waals surface area contributed by atoms with Crippen molar-refractivity contribution in [3.05, 3.63) is 35.4 Å². The average molecular weight is 435 g/mol. The molecule has 4 nitrogen and oxygen atoms in total. The van der Waals surface area contributed by atoms with E-state index in [0.29, 0.717) is 0 Å². The second-order valence-electron chi connectivity index (χ2n) is 7.42. The van der Waals surface area contributed by atoms with Crippen LogP contribution in [-0.4, -0.2) is 21.5 Å². The van der Waals surface area contributed by atoms with Crippen LogP contribution in [-0.2, 0) is 0 Å². The molecular formula is C21H24F2N4S2. The van der Waals surface area contributed by atoms with Crippen molar-refractivity contribution in [2.45, 2.75) is 49.7 Å². The minimum absolute atomic E-state index is 0.0301. The molecule has 0 amide bonds. The normalized spacial score (nSPS) is 28.9. The van der Waals surface area contributed by atoms with E-state index in [0.717, 1.165) is 55.4 Å². The fourth-order valence-corrected chi connectivity index (χ4v) is 7.95. The van der Waals surface area contributed by atoms with E-state index < -0.39 is 32.6 Å². The Balaban J connectivity index is 2.14. The number of nitrogens with zero attached hydrogens (tertiary/aromatic N) is 3. The largest absolute Gasteiger partial charge is 0.386 e. The highest BCUT2D eigenvalue weighted by Crippen LogP contribution is 2.85. The summed E-state index contributed by atoms with van der Waals surface area (Å²) in [6, 6.07) is 7.68. The Morgan fingerprint density at radius 2 is 1.72 bits per heavy atom. The third-order valence-electron chi connectivity index (χ3n) is 5.79. The van der Waals surface area contributed by atoms with Crippen LogP contribution in [0.25, 0.3) is 0 Å². The van der Waals surface area contributed by atoms with Crippen molar-refractivity contribution in [1.29, 1.82) is 10.5 Å². The Bertz CT molecular complexity index is 897. The first-order valence-electron chi connectivity index (χ1n) is 9.81. The molecule has 0 radical (unpaired) electrons. The molecule has 3 atom stereocenters. The summed E-state index contributed by atoms with van der Waals surface area (Å²) in [5.74, 6) is -0.532. The van der Waals surface area contributed by atoms with Crippen LogP contribution < -0.4 is 5.73 Å². The molecule has 8 heteroatoms. The van der Waals surface area contributed by atoms with E-state index in [1.54, 1.807) is 0 Å². The van der Waals surface area contributed by atoms with E-state index >= 15 is 0 Å². The summed E-state index contributed by atoms with van der Waals surface area (Å²) in [4.78, 5) is 4.67. The monoisotopic (exact) mass is 434 g/mol. The van der Waals surface area contributed by atoms with Gasteiger partial charge in [0.1, 0.15) is 28.3 Å². The van der Waals surface area contributed by atoms with Crippen molar-refractivity contribution in [2.75, 3.05) is 11.5 Å². The Kier molecular flexibility index (Phi) is 6.17. The van der Waals surface area contributed by atoms with Gasteiger partial charge in [0.2, 0.25) is 0 Å². The molecule has 1 aliphatic heterocycles. The second kappa shape index (κ2) is 8.16. The van der Waals surface area contributed by atoms with Gasteiger partial charge in [-0.15, -0.1) is 23.5 Å². The third-order valence-corrected chi connectivity index (χ3v) is 9.09. The van der Waals surface area contributed by atoms with Crippen molar-refractivity contribution < 1.29 is 8.78 Å². The fourth-order valence-electron chi connectivity index (χ4n) is 4.27. The minimum atomic E-state index is -1.44. The molecule has 1 heterocycles. The van der Waals surface area contributed by atoms with Gasteiger partial charge in [-0.2, -0.15) is 10.5 Å². The number of amidine groups is 1. The molecule has 29 heavy (non-hydrogen) atoms. The minimum Gasteiger partial charge on any atom is -0.386 e. The lowest BCUT2D eigenvalue weighted by atomic mass is 9.97. The number of aliphatic imine (C=N–C) groups is 1. The van der Waals surface area contributed by atoms with Crippen LogP contribution in [0.15, 0.2) is 23.2 Å². The molecule has 3 rings (SSSR count). The molecule has 1 aromatic rings. The van der Waals surface area contributed by atoms with Gasteiger partial charge in [0, 0.05) is 5.92 Å². The van der Waals surface area contributed by atoms with Gasteiger partial charge >= 0.3 is 0 Å². The van der Waals surface area contributed by atoms with E-state index in [1.165, 1.54) is 23.5 Å². The van der Waals surface area contributed by atoms with Crippen LogP contribution in [0.2, 0.25) is 0 Å². The summed E-state index contributed by atoms with van der Waals surface area (Å²) in [5.41, 5.74) is 3.52. The molecule has 3 unspecified atom stereocenters. The maximum atomic E-state index is 14.7. The first kappa shape index (κ1) is 21.9. The Labute approximate surface area is 178 Å². The molecule has 0 bridgehead atoms. The smallest absolute Gasteiger partial charge is 0.175 e. The molecule has 1 aliphatic carbocycles. The molecule has 0 aromatic heterocycles. The number of rotatable bonds is 9. The van der Waals surface area contributed by atoms with Crippen LogP contribution in [0.4, 0.5) is 8.78 Å². The summed E-state index contributed by atoms with van der Waals surface area (Å²) in [7, 11) is 0. The van der Waals surface area contributed by atoms with Crippen LogP contribution >= 0.6 is 23.5 Å². The molecule has 1 fully saturated rings. The van der Waals surface area contributed by atoms with Gasteiger partial charge in [0.05, 0.1) is 12.1 Å². The van der Waals surface area contributed by atoms with Crippen molar-refractivity contribution >= 4 is 29.4 Å². The van der Waals surface area contributed by atoms with Crippen LogP contribution in [0.5, 0.6) is 0 Å². The Morgan fingerprint density at radius 1 is 1.10 bits per heavy atom. The summed E-state index contributed by atoms with van der Waals surface area (Å²) >= 11 is 3.02. The Morgan fingerprint density at radius 3 is 2.24 bits per heavy atom. The van der Waals surface area contributed by atoms with E-state index in [4.69, 9.17) is 5.73 Å². The molecule has 1 aromatic carbocycles. The number of hydrogen-bond acceptors (Lipinski definition) is 6. The maximum absolute atomic E-state index is 14.7. The van der Waals surface area contributed by atoms with Gasteiger partial charge in [0.15, 0.2) is 4.20 Å². The number of nitrogens with two attached hydrogens (primary N) is 1. The van der Waals surface area contributed by atoms with E-state index in [9.17, 15) is 19.3 Å². The first-order valence-corrected chi connectivity index (χ1v) is 11.8. The number of unbranched alkanes of at least 4 members (excludes halogenated alkanes) is 2. The van der Waals surface area contributed by atoms with E-state index in [1.807, 2.05) is 0 Å². The number of thioether (sulfide) groups is 2. The van der Waals surface area contributed by atoms with Crippen molar-refractivity contribution in [2.24, 2.45) is 21.6 Å². The number of hydrogen-bond donors (Lipinski definition) is 1. The molecular weight excluding hydrogens is 410 g/mol. The zero-order valence-corrected chi connectivity index (χ0v) is 18.2. The highest BCUT2D eigenvalue weighted by molar-refractivity contribution is 8.18. The van der Waals surface area contributed by atoms with Gasteiger partial charge in [-0.05, 0) is 48.1 Å². The summed E-state index contributed by atoms with van der Waals surface area (Å²) in [5, 5.41) is 20.5. The number of halogens is 2. The summed E-state index contributed by atoms with van der Waals surface area (Å²) < 4.78 is 27.6. The number of fused-ring (bicyclic) bond motifs is 1. The maximum Gasteiger partial charge on any atom is 0.175 e. The van der Waals surface area contributed by atoms with E-state index in [2.05, 4.69) is 31.0 Å². The standard InChI is InChI=1S/C21H24F2N4S2/c1-3-5-9-28-21(29-10-6-4-2)20(13-25)17(19(20,12-24)18(26)27-21)15-11-14(22)7-8-16(15)23/h7-8,11,17H,3-6,9-10H2,1-2H3,(H2,26,27). The molecule has 1 saturated carbocycles. The van der Waals surface area contributed by atoms with Crippen molar-refractivity contribution in [3.63, 3.8) is 0 Å².